The molecule has 0 saturated carbocycles. The van der Waals surface area contributed by atoms with Gasteiger partial charge in [0.1, 0.15) is 5.82 Å². The topological polar surface area (TPSA) is 49.3 Å². The molecule has 19 heavy (non-hydrogen) atoms. The summed E-state index contributed by atoms with van der Waals surface area (Å²) >= 11 is 7.10. The summed E-state index contributed by atoms with van der Waals surface area (Å²) in [6, 6.07) is 4.09. The zero-order chi connectivity index (χ0) is 14.3. The fourth-order valence-corrected chi connectivity index (χ4v) is 2.25. The van der Waals surface area contributed by atoms with E-state index in [4.69, 9.17) is 11.6 Å². The van der Waals surface area contributed by atoms with E-state index in [0.717, 1.165) is 12.2 Å². The Morgan fingerprint density at radius 2 is 2.32 bits per heavy atom. The Labute approximate surface area is 121 Å². The summed E-state index contributed by atoms with van der Waals surface area (Å²) in [6.45, 7) is 2.11. The van der Waals surface area contributed by atoms with Crippen molar-refractivity contribution in [2.45, 2.75) is 19.4 Å². The molecule has 0 saturated heterocycles. The molecule has 0 aliphatic carbocycles. The third kappa shape index (κ3) is 5.80. The van der Waals surface area contributed by atoms with Crippen molar-refractivity contribution >= 4 is 29.3 Å². The summed E-state index contributed by atoms with van der Waals surface area (Å²) in [5.41, 5.74) is 0.392. The Bertz CT molecular complexity index is 431. The van der Waals surface area contributed by atoms with Gasteiger partial charge in [-0.2, -0.15) is 11.8 Å². The number of hydrogen-bond donors (Lipinski definition) is 2. The number of carbonyl (C=O) groups is 1. The highest BCUT2D eigenvalue weighted by Crippen LogP contribution is 2.19. The number of nitrogens with one attached hydrogen (secondary N) is 1. The normalized spacial score (nSPS) is 12.2. The number of hydrogen-bond acceptors (Lipinski definition) is 3. The van der Waals surface area contributed by atoms with Crippen LogP contribution in [-0.4, -0.2) is 29.1 Å². The molecule has 0 radical (unpaired) electrons. The third-order valence-corrected chi connectivity index (χ3v) is 3.87. The summed E-state index contributed by atoms with van der Waals surface area (Å²) in [4.78, 5) is 11.4. The summed E-state index contributed by atoms with van der Waals surface area (Å²) in [5.74, 6) is 0.587. The molecule has 1 atom stereocenters. The van der Waals surface area contributed by atoms with Gasteiger partial charge in [0.15, 0.2) is 0 Å². The molecule has 1 amide bonds. The monoisotopic (exact) mass is 305 g/mol. The van der Waals surface area contributed by atoms with E-state index in [9.17, 15) is 14.3 Å². The summed E-state index contributed by atoms with van der Waals surface area (Å²) < 4.78 is 13.2. The van der Waals surface area contributed by atoms with Crippen LogP contribution in [0.15, 0.2) is 18.2 Å². The average molecular weight is 306 g/mol. The lowest BCUT2D eigenvalue weighted by Crippen LogP contribution is -2.29. The maximum atomic E-state index is 13.2. The van der Waals surface area contributed by atoms with Crippen molar-refractivity contribution in [2.75, 3.05) is 18.1 Å². The van der Waals surface area contributed by atoms with Crippen LogP contribution in [0.1, 0.15) is 25.0 Å². The fourth-order valence-electron chi connectivity index (χ4n) is 1.41. The van der Waals surface area contributed by atoms with Crippen LogP contribution in [0.25, 0.3) is 0 Å². The molecule has 0 spiro atoms. The van der Waals surface area contributed by atoms with Gasteiger partial charge in [0.25, 0.3) is 0 Å². The first-order valence-electron chi connectivity index (χ1n) is 6.02. The standard InChI is InChI=1S/C13H17ClFNO2S/c1-2-5-19-8-13(18)16-7-12(17)9-3-4-10(14)11(15)6-9/h3-4,6,12,17H,2,5,7-8H2,1H3,(H,16,18). The van der Waals surface area contributed by atoms with Crippen LogP contribution in [0.2, 0.25) is 5.02 Å². The predicted octanol–water partition coefficient (Wildman–Crippen LogP) is 2.77. The van der Waals surface area contributed by atoms with Crippen molar-refractivity contribution in [1.82, 2.24) is 5.32 Å². The highest BCUT2D eigenvalue weighted by Gasteiger charge is 2.11. The lowest BCUT2D eigenvalue weighted by atomic mass is 10.1. The molecule has 0 aromatic heterocycles. The van der Waals surface area contributed by atoms with Gasteiger partial charge in [-0.1, -0.05) is 24.6 Å². The van der Waals surface area contributed by atoms with E-state index in [2.05, 4.69) is 5.32 Å². The molecule has 6 heteroatoms. The van der Waals surface area contributed by atoms with Crippen molar-refractivity contribution in [1.29, 1.82) is 0 Å². The number of rotatable bonds is 7. The Kier molecular flexibility index (Phi) is 7.20. The maximum Gasteiger partial charge on any atom is 0.230 e. The largest absolute Gasteiger partial charge is 0.387 e. The molecule has 0 aliphatic rings. The number of benzene rings is 1. The number of thioether (sulfide) groups is 1. The van der Waals surface area contributed by atoms with Gasteiger partial charge in [-0.15, -0.1) is 0 Å². The molecular formula is C13H17ClFNO2S. The first-order valence-corrected chi connectivity index (χ1v) is 7.55. The predicted molar refractivity (Wildman–Crippen MR) is 77.0 cm³/mol. The van der Waals surface area contributed by atoms with Crippen LogP contribution in [0.4, 0.5) is 4.39 Å². The molecule has 1 aromatic carbocycles. The molecule has 0 fully saturated rings. The minimum Gasteiger partial charge on any atom is -0.387 e. The van der Waals surface area contributed by atoms with E-state index in [-0.39, 0.29) is 17.5 Å². The molecule has 2 N–H and O–H groups in total. The Hall–Kier alpha value is -0.780. The van der Waals surface area contributed by atoms with Crippen LogP contribution in [0.5, 0.6) is 0 Å². The number of halogens is 2. The van der Waals surface area contributed by atoms with E-state index in [0.29, 0.717) is 11.3 Å². The SMILES string of the molecule is CCCSCC(=O)NCC(O)c1ccc(Cl)c(F)c1. The van der Waals surface area contributed by atoms with Crippen LogP contribution >= 0.6 is 23.4 Å². The van der Waals surface area contributed by atoms with Gasteiger partial charge in [-0.05, 0) is 29.9 Å². The molecule has 3 nitrogen and oxygen atoms in total. The number of aliphatic hydroxyl groups is 1. The van der Waals surface area contributed by atoms with Crippen molar-refractivity contribution in [2.24, 2.45) is 0 Å². The van der Waals surface area contributed by atoms with Crippen molar-refractivity contribution in [3.8, 4) is 0 Å². The second-order valence-corrected chi connectivity index (χ2v) is 5.56. The first-order chi connectivity index (χ1) is 9.04. The Balaban J connectivity index is 2.40. The van der Waals surface area contributed by atoms with Gasteiger partial charge < -0.3 is 10.4 Å². The maximum absolute atomic E-state index is 13.2. The van der Waals surface area contributed by atoms with Crippen LogP contribution in [0, 0.1) is 5.82 Å². The van der Waals surface area contributed by atoms with E-state index < -0.39 is 11.9 Å². The van der Waals surface area contributed by atoms with Gasteiger partial charge in [-0.3, -0.25) is 4.79 Å². The van der Waals surface area contributed by atoms with E-state index in [1.54, 1.807) is 11.8 Å². The summed E-state index contributed by atoms with van der Waals surface area (Å²) in [5, 5.41) is 12.4. The molecule has 1 unspecified atom stereocenters. The third-order valence-electron chi connectivity index (χ3n) is 2.40. The fraction of sp³-hybridized carbons (Fsp3) is 0.462. The molecule has 1 rings (SSSR count). The van der Waals surface area contributed by atoms with Crippen LogP contribution < -0.4 is 5.32 Å². The highest BCUT2D eigenvalue weighted by molar-refractivity contribution is 7.99. The summed E-state index contributed by atoms with van der Waals surface area (Å²) in [6.07, 6.45) is 0.0804. The molecule has 0 heterocycles. The Morgan fingerprint density at radius 3 is 2.95 bits per heavy atom. The molecule has 0 bridgehead atoms. The van der Waals surface area contributed by atoms with Crippen molar-refractivity contribution < 1.29 is 14.3 Å². The van der Waals surface area contributed by atoms with Gasteiger partial charge >= 0.3 is 0 Å². The minimum absolute atomic E-state index is 0.0101. The zero-order valence-electron chi connectivity index (χ0n) is 10.7. The average Bonchev–Trinajstić information content (AvgIpc) is 2.39. The summed E-state index contributed by atoms with van der Waals surface area (Å²) in [7, 11) is 0. The molecule has 1 aromatic rings. The van der Waals surface area contributed by atoms with Crippen LogP contribution in [0.3, 0.4) is 0 Å². The number of carbonyl (C=O) groups excluding carboxylic acids is 1. The van der Waals surface area contributed by atoms with E-state index in [1.165, 1.54) is 18.2 Å². The minimum atomic E-state index is -0.938. The number of aliphatic hydroxyl groups excluding tert-OH is 1. The van der Waals surface area contributed by atoms with E-state index >= 15 is 0 Å². The zero-order valence-corrected chi connectivity index (χ0v) is 12.2. The first kappa shape index (κ1) is 16.3. The van der Waals surface area contributed by atoms with Gasteiger partial charge in [-0.25, -0.2) is 4.39 Å². The van der Waals surface area contributed by atoms with Gasteiger partial charge in [0.05, 0.1) is 16.9 Å². The van der Waals surface area contributed by atoms with Crippen molar-refractivity contribution in [3.05, 3.63) is 34.6 Å². The van der Waals surface area contributed by atoms with Crippen molar-refractivity contribution in [3.63, 3.8) is 0 Å². The molecular weight excluding hydrogens is 289 g/mol. The smallest absolute Gasteiger partial charge is 0.230 e. The van der Waals surface area contributed by atoms with E-state index in [1.807, 2.05) is 6.92 Å². The lowest BCUT2D eigenvalue weighted by molar-refractivity contribution is -0.119. The quantitative estimate of drug-likeness (QED) is 0.762. The van der Waals surface area contributed by atoms with Gasteiger partial charge in [0.2, 0.25) is 5.91 Å². The molecule has 106 valence electrons. The second-order valence-electron chi connectivity index (χ2n) is 4.05. The highest BCUT2D eigenvalue weighted by atomic mass is 35.5. The van der Waals surface area contributed by atoms with Crippen LogP contribution in [-0.2, 0) is 4.79 Å². The Morgan fingerprint density at radius 1 is 1.58 bits per heavy atom. The molecule has 0 aliphatic heterocycles. The second kappa shape index (κ2) is 8.40. The van der Waals surface area contributed by atoms with Gasteiger partial charge in [0, 0.05) is 6.54 Å². The lowest BCUT2D eigenvalue weighted by Gasteiger charge is -2.12. The number of amides is 1.